The summed E-state index contributed by atoms with van der Waals surface area (Å²) >= 11 is 0. The molecule has 4 heteroatoms. The Morgan fingerprint density at radius 3 is 3.10 bits per heavy atom. The van der Waals surface area contributed by atoms with Gasteiger partial charge in [-0.15, -0.1) is 0 Å². The first kappa shape index (κ1) is 13.6. The summed E-state index contributed by atoms with van der Waals surface area (Å²) < 4.78 is 25.1. The van der Waals surface area contributed by atoms with Crippen LogP contribution in [0.1, 0.15) is 49.4 Å². The minimum atomic E-state index is -0.504. The highest BCUT2D eigenvalue weighted by Gasteiger charge is 2.44. The zero-order chi connectivity index (χ0) is 14.2. The van der Waals surface area contributed by atoms with Crippen LogP contribution in [0.15, 0.2) is 18.2 Å². The van der Waals surface area contributed by atoms with Crippen LogP contribution < -0.4 is 4.74 Å². The molecule has 0 aliphatic carbocycles. The normalized spacial score (nSPS) is 29.1. The minimum absolute atomic E-state index is 0.0448. The molecule has 1 aromatic rings. The minimum Gasteiger partial charge on any atom is -0.486 e. The molecule has 2 atom stereocenters. The van der Waals surface area contributed by atoms with Crippen LogP contribution in [0.4, 0.5) is 4.39 Å². The van der Waals surface area contributed by atoms with E-state index in [4.69, 9.17) is 9.47 Å². The lowest BCUT2D eigenvalue weighted by molar-refractivity contribution is -0.0938. The molecule has 3 rings (SSSR count). The highest BCUT2D eigenvalue weighted by Crippen LogP contribution is 2.41. The van der Waals surface area contributed by atoms with E-state index < -0.39 is 5.60 Å². The van der Waals surface area contributed by atoms with Crippen molar-refractivity contribution in [1.29, 1.82) is 0 Å². The van der Waals surface area contributed by atoms with E-state index in [1.807, 2.05) is 0 Å². The number of benzene rings is 1. The number of hydrogen-bond donors (Lipinski definition) is 0. The summed E-state index contributed by atoms with van der Waals surface area (Å²) in [7, 11) is 0. The molecular formula is C16H19FO3. The van der Waals surface area contributed by atoms with Gasteiger partial charge < -0.3 is 9.47 Å². The van der Waals surface area contributed by atoms with Crippen molar-refractivity contribution in [2.45, 2.75) is 50.7 Å². The molecule has 0 amide bonds. The number of hydrogen-bond acceptors (Lipinski definition) is 3. The first-order valence-corrected chi connectivity index (χ1v) is 7.25. The summed E-state index contributed by atoms with van der Waals surface area (Å²) in [6.45, 7) is 2.71. The molecule has 108 valence electrons. The molecule has 1 aromatic carbocycles. The van der Waals surface area contributed by atoms with Gasteiger partial charge in [0, 0.05) is 18.9 Å². The number of Topliss-reactive ketones (excluding diaryl/α,β-unsaturated/α-hetero) is 1. The molecule has 3 nitrogen and oxygen atoms in total. The number of carbonyl (C=O) groups excluding carboxylic acids is 1. The molecule has 2 aliphatic heterocycles. The molecule has 2 aliphatic rings. The number of halogens is 1. The smallest absolute Gasteiger partial charge is 0.170 e. The fraction of sp³-hybridized carbons (Fsp3) is 0.562. The Kier molecular flexibility index (Phi) is 3.50. The van der Waals surface area contributed by atoms with Crippen LogP contribution in [0.2, 0.25) is 0 Å². The first-order valence-electron chi connectivity index (χ1n) is 7.25. The maximum atomic E-state index is 13.4. The van der Waals surface area contributed by atoms with Crippen molar-refractivity contribution in [2.75, 3.05) is 6.61 Å². The quantitative estimate of drug-likeness (QED) is 0.830. The van der Waals surface area contributed by atoms with Crippen LogP contribution in [-0.2, 0) is 4.74 Å². The fourth-order valence-corrected chi connectivity index (χ4v) is 3.22. The zero-order valence-corrected chi connectivity index (χ0v) is 11.7. The molecule has 1 spiro atoms. The molecular weight excluding hydrogens is 259 g/mol. The van der Waals surface area contributed by atoms with Gasteiger partial charge in [0.1, 0.15) is 17.2 Å². The highest BCUT2D eigenvalue weighted by atomic mass is 19.1. The molecule has 2 heterocycles. The third kappa shape index (κ3) is 2.44. The van der Waals surface area contributed by atoms with Crippen molar-refractivity contribution >= 4 is 5.78 Å². The Balaban J connectivity index is 1.87. The Morgan fingerprint density at radius 1 is 1.45 bits per heavy atom. The Labute approximate surface area is 118 Å². The van der Waals surface area contributed by atoms with E-state index >= 15 is 0 Å². The van der Waals surface area contributed by atoms with Gasteiger partial charge in [0.2, 0.25) is 0 Å². The monoisotopic (exact) mass is 278 g/mol. The largest absolute Gasteiger partial charge is 0.486 e. The van der Waals surface area contributed by atoms with E-state index in [2.05, 4.69) is 6.92 Å². The van der Waals surface area contributed by atoms with Gasteiger partial charge in [0.25, 0.3) is 0 Å². The number of fused-ring (bicyclic) bond motifs is 1. The summed E-state index contributed by atoms with van der Waals surface area (Å²) in [5, 5.41) is 0. The summed E-state index contributed by atoms with van der Waals surface area (Å²) in [6, 6.07) is 4.14. The van der Waals surface area contributed by atoms with Crippen LogP contribution in [-0.4, -0.2) is 24.1 Å². The van der Waals surface area contributed by atoms with E-state index in [1.165, 1.54) is 18.2 Å². The molecule has 0 saturated carbocycles. The summed E-state index contributed by atoms with van der Waals surface area (Å²) in [5.74, 6) is 0.0626. The molecule has 0 N–H and O–H groups in total. The first-order chi connectivity index (χ1) is 9.62. The third-order valence-corrected chi connectivity index (χ3v) is 4.17. The second kappa shape index (κ2) is 5.17. The Hall–Kier alpha value is -1.42. The van der Waals surface area contributed by atoms with Crippen molar-refractivity contribution < 1.29 is 18.7 Å². The standard InChI is InChI=1S/C16H19FO3/c1-2-3-12-9-16(6-7-19-12)10-14(18)13-5-4-11(17)8-15(13)20-16/h4-5,8,12H,2-3,6-7,9-10H2,1H3. The fourth-order valence-electron chi connectivity index (χ4n) is 3.22. The lowest BCUT2D eigenvalue weighted by Gasteiger charge is -2.43. The Bertz CT molecular complexity index is 526. The zero-order valence-electron chi connectivity index (χ0n) is 11.7. The van der Waals surface area contributed by atoms with Crippen molar-refractivity contribution in [2.24, 2.45) is 0 Å². The van der Waals surface area contributed by atoms with E-state index in [1.54, 1.807) is 0 Å². The lowest BCUT2D eigenvalue weighted by Crippen LogP contribution is -2.49. The SMILES string of the molecule is CCCC1CC2(CCO1)CC(=O)c1ccc(F)cc1O2. The average Bonchev–Trinajstić information content (AvgIpc) is 2.38. The van der Waals surface area contributed by atoms with Gasteiger partial charge in [-0.3, -0.25) is 4.79 Å². The van der Waals surface area contributed by atoms with E-state index in [9.17, 15) is 9.18 Å². The van der Waals surface area contributed by atoms with Crippen molar-refractivity contribution in [1.82, 2.24) is 0 Å². The maximum absolute atomic E-state index is 13.4. The van der Waals surface area contributed by atoms with E-state index in [-0.39, 0.29) is 17.7 Å². The van der Waals surface area contributed by atoms with Gasteiger partial charge in [-0.05, 0) is 18.6 Å². The second-order valence-electron chi connectivity index (χ2n) is 5.76. The lowest BCUT2D eigenvalue weighted by atomic mass is 9.81. The number of ketones is 1. The van der Waals surface area contributed by atoms with E-state index in [0.29, 0.717) is 37.2 Å². The van der Waals surface area contributed by atoms with Crippen molar-refractivity contribution in [3.05, 3.63) is 29.6 Å². The molecule has 0 radical (unpaired) electrons. The van der Waals surface area contributed by atoms with Crippen LogP contribution >= 0.6 is 0 Å². The van der Waals surface area contributed by atoms with Crippen LogP contribution in [0.5, 0.6) is 5.75 Å². The summed E-state index contributed by atoms with van der Waals surface area (Å²) in [6.07, 6.45) is 3.92. The maximum Gasteiger partial charge on any atom is 0.170 e. The third-order valence-electron chi connectivity index (χ3n) is 4.17. The molecule has 1 fully saturated rings. The second-order valence-corrected chi connectivity index (χ2v) is 5.76. The van der Waals surface area contributed by atoms with Gasteiger partial charge in [0.15, 0.2) is 5.78 Å². The summed E-state index contributed by atoms with van der Waals surface area (Å²) in [5.41, 5.74) is -0.00812. The van der Waals surface area contributed by atoms with Crippen LogP contribution in [0.25, 0.3) is 0 Å². The van der Waals surface area contributed by atoms with Crippen molar-refractivity contribution in [3.63, 3.8) is 0 Å². The number of ether oxygens (including phenoxy) is 2. The number of rotatable bonds is 2. The number of carbonyl (C=O) groups is 1. The average molecular weight is 278 g/mol. The van der Waals surface area contributed by atoms with Crippen molar-refractivity contribution in [3.8, 4) is 5.75 Å². The highest BCUT2D eigenvalue weighted by molar-refractivity contribution is 6.00. The van der Waals surface area contributed by atoms with Gasteiger partial charge in [0.05, 0.1) is 24.7 Å². The Morgan fingerprint density at radius 2 is 2.30 bits per heavy atom. The predicted octanol–water partition coefficient (Wildman–Crippen LogP) is 3.51. The topological polar surface area (TPSA) is 35.5 Å². The molecule has 20 heavy (non-hydrogen) atoms. The van der Waals surface area contributed by atoms with Gasteiger partial charge in [-0.1, -0.05) is 13.3 Å². The summed E-state index contributed by atoms with van der Waals surface area (Å²) in [4.78, 5) is 12.3. The molecule has 1 saturated heterocycles. The predicted molar refractivity (Wildman–Crippen MR) is 72.6 cm³/mol. The van der Waals surface area contributed by atoms with Gasteiger partial charge in [-0.25, -0.2) is 4.39 Å². The van der Waals surface area contributed by atoms with E-state index in [0.717, 1.165) is 12.8 Å². The van der Waals surface area contributed by atoms with Crippen LogP contribution in [0.3, 0.4) is 0 Å². The van der Waals surface area contributed by atoms with Crippen LogP contribution in [0, 0.1) is 5.82 Å². The molecule has 0 aromatic heterocycles. The molecule has 2 unspecified atom stereocenters. The molecule has 0 bridgehead atoms. The van der Waals surface area contributed by atoms with Gasteiger partial charge in [-0.2, -0.15) is 0 Å². The van der Waals surface area contributed by atoms with Gasteiger partial charge >= 0.3 is 0 Å².